The van der Waals surface area contributed by atoms with E-state index in [1.165, 1.54) is 33.8 Å². The van der Waals surface area contributed by atoms with Gasteiger partial charge < -0.3 is 9.84 Å². The van der Waals surface area contributed by atoms with E-state index in [0.29, 0.717) is 18.0 Å². The number of carbonyl (C=O) groups excluding carboxylic acids is 1. The maximum Gasteiger partial charge on any atom is 0.142 e. The summed E-state index contributed by atoms with van der Waals surface area (Å²) in [4.78, 5) is 22.5. The average Bonchev–Trinajstić information content (AvgIpc) is 3.27. The van der Waals surface area contributed by atoms with Crippen LogP contribution in [0.25, 0.3) is 10.6 Å². The number of aromatic nitrogens is 2. The minimum absolute atomic E-state index is 0.0598. The molecule has 1 aromatic carbocycles. The van der Waals surface area contributed by atoms with Crippen LogP contribution in [0.4, 0.5) is 0 Å². The second-order valence-electron chi connectivity index (χ2n) is 7.48. The molecule has 1 aliphatic rings. The van der Waals surface area contributed by atoms with Gasteiger partial charge in [-0.05, 0) is 37.8 Å². The zero-order valence-corrected chi connectivity index (χ0v) is 18.2. The molecule has 2 aromatic heterocycles. The third-order valence-corrected chi connectivity index (χ3v) is 7.39. The van der Waals surface area contributed by atoms with Crippen LogP contribution in [0.5, 0.6) is 0 Å². The van der Waals surface area contributed by atoms with Gasteiger partial charge in [0.25, 0.3) is 0 Å². The van der Waals surface area contributed by atoms with Crippen molar-refractivity contribution in [3.63, 3.8) is 0 Å². The normalized spacial score (nSPS) is 18.6. The van der Waals surface area contributed by atoms with Gasteiger partial charge in [-0.1, -0.05) is 24.3 Å². The van der Waals surface area contributed by atoms with Gasteiger partial charge in [0.2, 0.25) is 0 Å². The standard InChI is InChI=1S/C22H24N2O3S2/c1-13-5-3-4-6-15(13)11-27-17-7-16(8-17)19(26)9-20-24-18(12-28-20)22-14(2)23-21(10-25)29-22/h3-6,12,16-17,25H,7-11H2,1-2H3. The molecule has 0 bridgehead atoms. The lowest BCUT2D eigenvalue weighted by Gasteiger charge is -2.34. The summed E-state index contributed by atoms with van der Waals surface area (Å²) in [6.07, 6.45) is 2.16. The van der Waals surface area contributed by atoms with E-state index < -0.39 is 0 Å². The maximum atomic E-state index is 12.6. The molecule has 1 fully saturated rings. The van der Waals surface area contributed by atoms with E-state index in [1.54, 1.807) is 0 Å². The van der Waals surface area contributed by atoms with Crippen LogP contribution in [0.2, 0.25) is 0 Å². The Kier molecular flexibility index (Phi) is 6.20. The van der Waals surface area contributed by atoms with Crippen molar-refractivity contribution in [2.75, 3.05) is 0 Å². The Labute approximate surface area is 178 Å². The summed E-state index contributed by atoms with van der Waals surface area (Å²) < 4.78 is 5.97. The van der Waals surface area contributed by atoms with Crippen molar-refractivity contribution in [2.45, 2.75) is 52.4 Å². The van der Waals surface area contributed by atoms with Gasteiger partial charge in [-0.15, -0.1) is 22.7 Å². The van der Waals surface area contributed by atoms with E-state index in [-0.39, 0.29) is 24.4 Å². The number of ether oxygens (including phenoxy) is 1. The highest BCUT2D eigenvalue weighted by molar-refractivity contribution is 7.16. The zero-order valence-electron chi connectivity index (χ0n) is 16.6. The van der Waals surface area contributed by atoms with E-state index in [9.17, 15) is 9.90 Å². The molecule has 3 aromatic rings. The Bertz CT molecular complexity index is 1010. The molecule has 0 unspecified atom stereocenters. The molecule has 0 aliphatic heterocycles. The SMILES string of the molecule is Cc1ccccc1COC1CC(C(=O)Cc2nc(-c3sc(CO)nc3C)cs2)C1. The minimum atomic E-state index is -0.0598. The number of carbonyl (C=O) groups is 1. The number of thiazole rings is 2. The Morgan fingerprint density at radius 3 is 2.72 bits per heavy atom. The van der Waals surface area contributed by atoms with Gasteiger partial charge in [0.05, 0.1) is 42.0 Å². The van der Waals surface area contributed by atoms with Crippen LogP contribution >= 0.6 is 22.7 Å². The molecule has 0 radical (unpaired) electrons. The minimum Gasteiger partial charge on any atom is -0.389 e. The molecule has 0 saturated heterocycles. The number of benzene rings is 1. The van der Waals surface area contributed by atoms with Gasteiger partial charge in [-0.2, -0.15) is 0 Å². The predicted octanol–water partition coefficient (Wildman–Crippen LogP) is 4.48. The molecule has 0 atom stereocenters. The second kappa shape index (κ2) is 8.83. The number of aliphatic hydroxyl groups excluding tert-OH is 1. The molecule has 1 saturated carbocycles. The molecule has 152 valence electrons. The number of rotatable bonds is 8. The van der Waals surface area contributed by atoms with Gasteiger partial charge in [-0.3, -0.25) is 4.79 Å². The zero-order chi connectivity index (χ0) is 20.4. The Morgan fingerprint density at radius 1 is 1.21 bits per heavy atom. The molecule has 2 heterocycles. The number of hydrogen-bond donors (Lipinski definition) is 1. The molecule has 5 nitrogen and oxygen atoms in total. The molecule has 0 spiro atoms. The van der Waals surface area contributed by atoms with Crippen LogP contribution < -0.4 is 0 Å². The summed E-state index contributed by atoms with van der Waals surface area (Å²) in [5.74, 6) is 0.328. The Hall–Kier alpha value is -1.93. The summed E-state index contributed by atoms with van der Waals surface area (Å²) in [6, 6.07) is 8.24. The fourth-order valence-corrected chi connectivity index (χ4v) is 5.25. The van der Waals surface area contributed by atoms with E-state index in [1.807, 2.05) is 24.4 Å². The van der Waals surface area contributed by atoms with Crippen molar-refractivity contribution < 1.29 is 14.6 Å². The van der Waals surface area contributed by atoms with Crippen molar-refractivity contribution in [2.24, 2.45) is 5.92 Å². The largest absolute Gasteiger partial charge is 0.389 e. The summed E-state index contributed by atoms with van der Waals surface area (Å²) >= 11 is 2.97. The average molecular weight is 429 g/mol. The first-order chi connectivity index (χ1) is 14.0. The topological polar surface area (TPSA) is 72.3 Å². The second-order valence-corrected chi connectivity index (χ2v) is 9.50. The number of ketones is 1. The van der Waals surface area contributed by atoms with E-state index >= 15 is 0 Å². The highest BCUT2D eigenvalue weighted by Crippen LogP contribution is 2.34. The van der Waals surface area contributed by atoms with Crippen molar-refractivity contribution in [1.82, 2.24) is 9.97 Å². The predicted molar refractivity (Wildman–Crippen MR) is 115 cm³/mol. The van der Waals surface area contributed by atoms with Crippen molar-refractivity contribution in [1.29, 1.82) is 0 Å². The molecule has 7 heteroatoms. The third kappa shape index (κ3) is 4.64. The summed E-state index contributed by atoms with van der Waals surface area (Å²) in [7, 11) is 0. The summed E-state index contributed by atoms with van der Waals surface area (Å²) in [6.45, 7) is 4.56. The van der Waals surface area contributed by atoms with Crippen LogP contribution in [0.1, 0.15) is 39.7 Å². The molecule has 4 rings (SSSR count). The van der Waals surface area contributed by atoms with Gasteiger partial charge in [0.1, 0.15) is 15.8 Å². The molecule has 1 N–H and O–H groups in total. The number of hydrogen-bond acceptors (Lipinski definition) is 7. The number of aryl methyl sites for hydroxylation is 2. The van der Waals surface area contributed by atoms with E-state index in [2.05, 4.69) is 29.0 Å². The lowest BCUT2D eigenvalue weighted by molar-refractivity contribution is -0.131. The molecule has 0 amide bonds. The lowest BCUT2D eigenvalue weighted by atomic mass is 9.78. The van der Waals surface area contributed by atoms with Crippen LogP contribution in [0, 0.1) is 19.8 Å². The van der Waals surface area contributed by atoms with Crippen molar-refractivity contribution in [3.8, 4) is 10.6 Å². The Morgan fingerprint density at radius 2 is 2.00 bits per heavy atom. The fourth-order valence-electron chi connectivity index (χ4n) is 3.49. The number of Topliss-reactive ketones (excluding diaryl/α,β-unsaturated/α-hetero) is 1. The quantitative estimate of drug-likeness (QED) is 0.573. The fraction of sp³-hybridized carbons (Fsp3) is 0.409. The van der Waals surface area contributed by atoms with Gasteiger partial charge in [-0.25, -0.2) is 9.97 Å². The van der Waals surface area contributed by atoms with Crippen LogP contribution in [0.3, 0.4) is 0 Å². The first kappa shape index (κ1) is 20.3. The van der Waals surface area contributed by atoms with E-state index in [0.717, 1.165) is 34.1 Å². The van der Waals surface area contributed by atoms with Gasteiger partial charge in [0.15, 0.2) is 0 Å². The number of nitrogens with zero attached hydrogens (tertiary/aromatic N) is 2. The monoisotopic (exact) mass is 428 g/mol. The number of aliphatic hydroxyl groups is 1. The van der Waals surface area contributed by atoms with Crippen LogP contribution in [-0.2, 0) is 29.2 Å². The summed E-state index contributed by atoms with van der Waals surface area (Å²) in [5.41, 5.74) is 4.16. The van der Waals surface area contributed by atoms with Gasteiger partial charge >= 0.3 is 0 Å². The summed E-state index contributed by atoms with van der Waals surface area (Å²) in [5, 5.41) is 12.8. The molecular formula is C22H24N2O3S2. The maximum absolute atomic E-state index is 12.6. The van der Waals surface area contributed by atoms with E-state index in [4.69, 9.17) is 4.74 Å². The Balaban J connectivity index is 1.27. The van der Waals surface area contributed by atoms with Crippen molar-refractivity contribution >= 4 is 28.5 Å². The first-order valence-corrected chi connectivity index (χ1v) is 11.4. The molecular weight excluding hydrogens is 404 g/mol. The third-order valence-electron chi connectivity index (χ3n) is 5.37. The molecule has 1 aliphatic carbocycles. The van der Waals surface area contributed by atoms with Crippen molar-refractivity contribution in [3.05, 3.63) is 56.5 Å². The smallest absolute Gasteiger partial charge is 0.142 e. The van der Waals surface area contributed by atoms with Crippen LogP contribution in [-0.4, -0.2) is 27.0 Å². The lowest BCUT2D eigenvalue weighted by Crippen LogP contribution is -2.37. The highest BCUT2D eigenvalue weighted by atomic mass is 32.1. The van der Waals surface area contributed by atoms with Gasteiger partial charge in [0, 0.05) is 11.3 Å². The first-order valence-electron chi connectivity index (χ1n) is 9.74. The highest BCUT2D eigenvalue weighted by Gasteiger charge is 2.35. The molecule has 29 heavy (non-hydrogen) atoms. The van der Waals surface area contributed by atoms with Crippen LogP contribution in [0.15, 0.2) is 29.6 Å².